The van der Waals surface area contributed by atoms with Gasteiger partial charge in [-0.15, -0.1) is 0 Å². The minimum atomic E-state index is -3.62. The van der Waals surface area contributed by atoms with Gasteiger partial charge in [0.25, 0.3) is 10.0 Å². The summed E-state index contributed by atoms with van der Waals surface area (Å²) >= 11 is 5.80. The highest BCUT2D eigenvalue weighted by Gasteiger charge is 2.19. The molecular weight excluding hydrogens is 348 g/mol. The highest BCUT2D eigenvalue weighted by atomic mass is 35.5. The van der Waals surface area contributed by atoms with Gasteiger partial charge in [0, 0.05) is 29.0 Å². The Balaban J connectivity index is 1.75. The summed E-state index contributed by atoms with van der Waals surface area (Å²) in [6.45, 7) is 4.34. The van der Waals surface area contributed by atoms with Gasteiger partial charge in [-0.1, -0.05) is 11.6 Å². The van der Waals surface area contributed by atoms with Crippen molar-refractivity contribution in [2.45, 2.75) is 17.9 Å². The molecule has 0 aromatic heterocycles. The third-order valence-corrected chi connectivity index (χ3v) is 5.59. The molecule has 1 N–H and O–H groups in total. The fourth-order valence-corrected chi connectivity index (χ4v) is 3.84. The molecule has 1 unspecified atom stereocenters. The van der Waals surface area contributed by atoms with Crippen LogP contribution in [0.3, 0.4) is 0 Å². The van der Waals surface area contributed by atoms with Gasteiger partial charge in [0.1, 0.15) is 0 Å². The minimum absolute atomic E-state index is 0.178. The number of halogens is 1. The van der Waals surface area contributed by atoms with Gasteiger partial charge < -0.3 is 9.64 Å². The zero-order valence-electron chi connectivity index (χ0n) is 13.3. The van der Waals surface area contributed by atoms with Crippen LogP contribution in [0.15, 0.2) is 53.4 Å². The lowest BCUT2D eigenvalue weighted by molar-refractivity contribution is 0.0989. The first-order chi connectivity index (χ1) is 11.5. The van der Waals surface area contributed by atoms with Crippen LogP contribution in [0.5, 0.6) is 0 Å². The lowest BCUT2D eigenvalue weighted by Gasteiger charge is -2.35. The number of hydrogen-bond donors (Lipinski definition) is 1. The van der Waals surface area contributed by atoms with Crippen LogP contribution in [0.25, 0.3) is 0 Å². The van der Waals surface area contributed by atoms with Gasteiger partial charge in [-0.25, -0.2) is 8.42 Å². The van der Waals surface area contributed by atoms with Crippen LogP contribution in [0, 0.1) is 0 Å². The molecule has 24 heavy (non-hydrogen) atoms. The molecule has 0 spiro atoms. The summed E-state index contributed by atoms with van der Waals surface area (Å²) in [6, 6.07) is 13.7. The summed E-state index contributed by atoms with van der Waals surface area (Å²) in [5.41, 5.74) is 1.58. The smallest absolute Gasteiger partial charge is 0.261 e. The van der Waals surface area contributed by atoms with Crippen LogP contribution >= 0.6 is 11.6 Å². The van der Waals surface area contributed by atoms with Crippen molar-refractivity contribution in [3.05, 3.63) is 53.6 Å². The lowest BCUT2D eigenvalue weighted by Crippen LogP contribution is -2.43. The molecule has 1 fully saturated rings. The molecule has 2 aromatic rings. The summed E-state index contributed by atoms with van der Waals surface area (Å²) in [4.78, 5) is 2.43. The van der Waals surface area contributed by atoms with Gasteiger partial charge >= 0.3 is 0 Å². The molecular formula is C17H19ClN2O3S. The Morgan fingerprint density at radius 1 is 1.12 bits per heavy atom. The van der Waals surface area contributed by atoms with E-state index in [0.717, 1.165) is 12.2 Å². The SMILES string of the molecule is CC1COCCN1c1ccc(NS(=O)(=O)c2ccc(Cl)cc2)cc1. The molecule has 7 heteroatoms. The minimum Gasteiger partial charge on any atom is -0.377 e. The van der Waals surface area contributed by atoms with E-state index in [-0.39, 0.29) is 4.90 Å². The molecule has 0 aliphatic carbocycles. The molecule has 1 aliphatic rings. The van der Waals surface area contributed by atoms with E-state index in [9.17, 15) is 8.42 Å². The monoisotopic (exact) mass is 366 g/mol. The standard InChI is InChI=1S/C17H19ClN2O3S/c1-13-12-23-11-10-20(13)16-6-4-15(5-7-16)19-24(21,22)17-8-2-14(18)3-9-17/h2-9,13,19H,10-12H2,1H3. The first kappa shape index (κ1) is 17.1. The normalized spacial score (nSPS) is 18.4. The van der Waals surface area contributed by atoms with Crippen LogP contribution in [-0.4, -0.2) is 34.2 Å². The third-order valence-electron chi connectivity index (χ3n) is 3.94. The fraction of sp³-hybridized carbons (Fsp3) is 0.294. The van der Waals surface area contributed by atoms with Crippen molar-refractivity contribution >= 4 is 33.0 Å². The number of nitrogens with one attached hydrogen (secondary N) is 1. The Labute approximate surface area is 147 Å². The van der Waals surface area contributed by atoms with Gasteiger partial charge in [-0.3, -0.25) is 4.72 Å². The maximum atomic E-state index is 12.4. The maximum Gasteiger partial charge on any atom is 0.261 e. The summed E-state index contributed by atoms with van der Waals surface area (Å²) < 4.78 is 32.8. The Morgan fingerprint density at radius 3 is 2.42 bits per heavy atom. The molecule has 0 bridgehead atoms. The van der Waals surface area contributed by atoms with Crippen molar-refractivity contribution < 1.29 is 13.2 Å². The average molecular weight is 367 g/mol. The zero-order chi connectivity index (χ0) is 17.2. The topological polar surface area (TPSA) is 58.6 Å². The number of nitrogens with zero attached hydrogens (tertiary/aromatic N) is 1. The molecule has 1 atom stereocenters. The molecule has 3 rings (SSSR count). The Morgan fingerprint density at radius 2 is 1.79 bits per heavy atom. The number of benzene rings is 2. The molecule has 0 amide bonds. The zero-order valence-corrected chi connectivity index (χ0v) is 14.8. The van der Waals surface area contributed by atoms with Crippen molar-refractivity contribution in [2.75, 3.05) is 29.4 Å². The van der Waals surface area contributed by atoms with E-state index in [1.807, 2.05) is 12.1 Å². The largest absolute Gasteiger partial charge is 0.377 e. The molecule has 128 valence electrons. The number of anilines is 2. The van der Waals surface area contributed by atoms with Crippen LogP contribution in [0.4, 0.5) is 11.4 Å². The van der Waals surface area contributed by atoms with Crippen LogP contribution in [0.1, 0.15) is 6.92 Å². The summed E-state index contributed by atoms with van der Waals surface area (Å²) in [6.07, 6.45) is 0. The first-order valence-electron chi connectivity index (χ1n) is 7.68. The second-order valence-corrected chi connectivity index (χ2v) is 7.84. The molecule has 1 heterocycles. The van der Waals surface area contributed by atoms with E-state index in [2.05, 4.69) is 16.5 Å². The van der Waals surface area contributed by atoms with Crippen LogP contribution < -0.4 is 9.62 Å². The average Bonchev–Trinajstić information content (AvgIpc) is 2.56. The van der Waals surface area contributed by atoms with E-state index in [1.54, 1.807) is 24.3 Å². The highest BCUT2D eigenvalue weighted by molar-refractivity contribution is 7.92. The summed E-state index contributed by atoms with van der Waals surface area (Å²) in [5, 5.41) is 0.498. The summed E-state index contributed by atoms with van der Waals surface area (Å²) in [7, 11) is -3.62. The predicted molar refractivity (Wildman–Crippen MR) is 96.3 cm³/mol. The highest BCUT2D eigenvalue weighted by Crippen LogP contribution is 2.24. The molecule has 5 nitrogen and oxygen atoms in total. The second-order valence-electron chi connectivity index (χ2n) is 5.72. The number of morpholine rings is 1. The van der Waals surface area contributed by atoms with E-state index in [4.69, 9.17) is 16.3 Å². The van der Waals surface area contributed by atoms with E-state index >= 15 is 0 Å². The Kier molecular flexibility index (Phi) is 4.99. The predicted octanol–water partition coefficient (Wildman–Crippen LogP) is 3.37. The quantitative estimate of drug-likeness (QED) is 0.901. The van der Waals surface area contributed by atoms with E-state index in [1.165, 1.54) is 12.1 Å². The molecule has 1 saturated heterocycles. The van der Waals surface area contributed by atoms with Crippen molar-refractivity contribution in [1.82, 2.24) is 0 Å². The summed E-state index contributed by atoms with van der Waals surface area (Å²) in [5.74, 6) is 0. The number of ether oxygens (including phenoxy) is 1. The molecule has 0 saturated carbocycles. The number of sulfonamides is 1. The number of hydrogen-bond acceptors (Lipinski definition) is 4. The van der Waals surface area contributed by atoms with Crippen molar-refractivity contribution in [3.8, 4) is 0 Å². The van der Waals surface area contributed by atoms with E-state index in [0.29, 0.717) is 30.0 Å². The lowest BCUT2D eigenvalue weighted by atomic mass is 10.2. The van der Waals surface area contributed by atoms with Gasteiger partial charge in [0.2, 0.25) is 0 Å². The van der Waals surface area contributed by atoms with Crippen molar-refractivity contribution in [1.29, 1.82) is 0 Å². The molecule has 1 aliphatic heterocycles. The van der Waals surface area contributed by atoms with Crippen molar-refractivity contribution in [3.63, 3.8) is 0 Å². The van der Waals surface area contributed by atoms with Gasteiger partial charge in [-0.05, 0) is 55.5 Å². The second kappa shape index (κ2) is 7.01. The first-order valence-corrected chi connectivity index (χ1v) is 9.55. The van der Waals surface area contributed by atoms with Gasteiger partial charge in [0.05, 0.1) is 18.1 Å². The van der Waals surface area contributed by atoms with Gasteiger partial charge in [0.15, 0.2) is 0 Å². The number of rotatable bonds is 4. The van der Waals surface area contributed by atoms with Crippen molar-refractivity contribution in [2.24, 2.45) is 0 Å². The molecule has 0 radical (unpaired) electrons. The van der Waals surface area contributed by atoms with Crippen LogP contribution in [-0.2, 0) is 14.8 Å². The van der Waals surface area contributed by atoms with Gasteiger partial charge in [-0.2, -0.15) is 0 Å². The Hall–Kier alpha value is -1.76. The van der Waals surface area contributed by atoms with Crippen LogP contribution in [0.2, 0.25) is 5.02 Å². The third kappa shape index (κ3) is 3.83. The fourth-order valence-electron chi connectivity index (χ4n) is 2.66. The van der Waals surface area contributed by atoms with E-state index < -0.39 is 10.0 Å². The molecule has 2 aromatic carbocycles. The Bertz CT molecular complexity index is 792. The maximum absolute atomic E-state index is 12.4.